The Labute approximate surface area is 136 Å². The number of nitrogens with one attached hydrogen (secondary N) is 1. The van der Waals surface area contributed by atoms with E-state index >= 15 is 0 Å². The third kappa shape index (κ3) is 3.97. The van der Waals surface area contributed by atoms with Crippen LogP contribution in [0.15, 0.2) is 12.4 Å². The quantitative estimate of drug-likeness (QED) is 0.812. The molecule has 0 aliphatic carbocycles. The molecule has 0 saturated carbocycles. The van der Waals surface area contributed by atoms with Gasteiger partial charge in [0.1, 0.15) is 0 Å². The minimum Gasteiger partial charge on any atom is -0.389 e. The first-order valence-corrected chi connectivity index (χ1v) is 8.30. The number of carbonyl (C=O) groups excluding carboxylic acids is 1. The lowest BCUT2D eigenvalue weighted by molar-refractivity contribution is -0.137. The Balaban J connectivity index is 1.52. The second-order valence-electron chi connectivity index (χ2n) is 6.58. The van der Waals surface area contributed by atoms with Crippen molar-refractivity contribution in [3.8, 4) is 0 Å². The van der Waals surface area contributed by atoms with Crippen molar-refractivity contribution in [3.63, 3.8) is 0 Å². The Morgan fingerprint density at radius 3 is 2.43 bits per heavy atom. The molecule has 2 saturated heterocycles. The van der Waals surface area contributed by atoms with Gasteiger partial charge in [-0.25, -0.2) is 9.97 Å². The van der Waals surface area contributed by atoms with Crippen LogP contribution in [0.2, 0.25) is 0 Å². The highest BCUT2D eigenvalue weighted by molar-refractivity contribution is 5.77. The van der Waals surface area contributed by atoms with Gasteiger partial charge in [0, 0.05) is 38.6 Å². The zero-order chi connectivity index (χ0) is 16.3. The molecule has 7 heteroatoms. The van der Waals surface area contributed by atoms with Crippen LogP contribution in [0.5, 0.6) is 0 Å². The molecule has 3 heterocycles. The third-order valence-corrected chi connectivity index (χ3v) is 4.70. The molecule has 3 rings (SSSR count). The summed E-state index contributed by atoms with van der Waals surface area (Å²) in [5.41, 5.74) is 0.206. The van der Waals surface area contributed by atoms with E-state index in [1.165, 1.54) is 0 Å². The number of aryl methyl sites for hydroxylation is 1. The number of carbonyl (C=O) groups is 1. The Hall–Kier alpha value is -1.73. The summed E-state index contributed by atoms with van der Waals surface area (Å²) < 4.78 is 0. The molecule has 7 nitrogen and oxygen atoms in total. The predicted octanol–water partition coefficient (Wildman–Crippen LogP) is -0.0618. The van der Waals surface area contributed by atoms with Gasteiger partial charge in [0.15, 0.2) is 0 Å². The summed E-state index contributed by atoms with van der Waals surface area (Å²) in [5.74, 6) is 0.776. The van der Waals surface area contributed by atoms with Crippen LogP contribution in [-0.2, 0) is 4.79 Å². The molecule has 2 aliphatic heterocycles. The highest BCUT2D eigenvalue weighted by atomic mass is 16.3. The van der Waals surface area contributed by atoms with Crippen LogP contribution in [-0.4, -0.2) is 70.8 Å². The van der Waals surface area contributed by atoms with Crippen LogP contribution in [0.4, 0.5) is 5.95 Å². The van der Waals surface area contributed by atoms with E-state index in [2.05, 4.69) is 20.2 Å². The van der Waals surface area contributed by atoms with Gasteiger partial charge in [-0.1, -0.05) is 0 Å². The van der Waals surface area contributed by atoms with E-state index in [9.17, 15) is 9.90 Å². The topological polar surface area (TPSA) is 81.6 Å². The molecule has 2 N–H and O–H groups in total. The van der Waals surface area contributed by atoms with Crippen molar-refractivity contribution in [2.45, 2.75) is 31.8 Å². The summed E-state index contributed by atoms with van der Waals surface area (Å²) in [4.78, 5) is 25.1. The van der Waals surface area contributed by atoms with E-state index in [1.54, 1.807) is 0 Å². The molecule has 0 aromatic carbocycles. The molecule has 1 aromatic rings. The first-order chi connectivity index (χ1) is 11.1. The van der Waals surface area contributed by atoms with Gasteiger partial charge in [-0.15, -0.1) is 0 Å². The van der Waals surface area contributed by atoms with Crippen LogP contribution < -0.4 is 10.2 Å². The Kier molecular flexibility index (Phi) is 4.77. The molecule has 0 atom stereocenters. The minimum atomic E-state index is -0.834. The van der Waals surface area contributed by atoms with E-state index in [-0.39, 0.29) is 12.3 Å². The normalized spacial score (nSPS) is 21.3. The fourth-order valence-electron chi connectivity index (χ4n) is 3.17. The minimum absolute atomic E-state index is 0.0545. The van der Waals surface area contributed by atoms with Crippen LogP contribution in [0.3, 0.4) is 0 Å². The zero-order valence-corrected chi connectivity index (χ0v) is 13.7. The SMILES string of the molecule is Cc1cnc(N2CCN(C(=O)CC3(O)CCNCC3)CC2)nc1. The van der Waals surface area contributed by atoms with Gasteiger partial charge >= 0.3 is 0 Å². The van der Waals surface area contributed by atoms with E-state index in [4.69, 9.17) is 0 Å². The maximum absolute atomic E-state index is 12.5. The van der Waals surface area contributed by atoms with Crippen molar-refractivity contribution < 1.29 is 9.90 Å². The molecule has 23 heavy (non-hydrogen) atoms. The number of nitrogens with zero attached hydrogens (tertiary/aromatic N) is 4. The summed E-state index contributed by atoms with van der Waals surface area (Å²) in [6.45, 7) is 6.30. The molecule has 0 unspecified atom stereocenters. The first-order valence-electron chi connectivity index (χ1n) is 8.30. The molecule has 1 aromatic heterocycles. The fraction of sp³-hybridized carbons (Fsp3) is 0.688. The fourth-order valence-corrected chi connectivity index (χ4v) is 3.17. The molecule has 2 fully saturated rings. The van der Waals surface area contributed by atoms with E-state index < -0.39 is 5.60 Å². The number of piperidine rings is 1. The maximum Gasteiger partial charge on any atom is 0.225 e. The monoisotopic (exact) mass is 319 g/mol. The number of amides is 1. The Morgan fingerprint density at radius 2 is 1.83 bits per heavy atom. The standard InChI is InChI=1S/C16H25N5O2/c1-13-11-18-15(19-12-13)21-8-6-20(7-9-21)14(22)10-16(23)2-4-17-5-3-16/h11-12,17,23H,2-10H2,1H3. The van der Waals surface area contributed by atoms with Crippen molar-refractivity contribution in [1.29, 1.82) is 0 Å². The molecule has 2 aliphatic rings. The highest BCUT2D eigenvalue weighted by Crippen LogP contribution is 2.23. The second-order valence-corrected chi connectivity index (χ2v) is 6.58. The molecular formula is C16H25N5O2. The summed E-state index contributed by atoms with van der Waals surface area (Å²) in [6, 6.07) is 0. The van der Waals surface area contributed by atoms with Crippen LogP contribution in [0, 0.1) is 6.92 Å². The van der Waals surface area contributed by atoms with Gasteiger partial charge in [-0.05, 0) is 38.4 Å². The number of piperazine rings is 1. The lowest BCUT2D eigenvalue weighted by Gasteiger charge is -2.38. The largest absolute Gasteiger partial charge is 0.389 e. The van der Waals surface area contributed by atoms with Crippen LogP contribution in [0.25, 0.3) is 0 Å². The average Bonchev–Trinajstić information content (AvgIpc) is 2.56. The van der Waals surface area contributed by atoms with Crippen molar-refractivity contribution in [2.24, 2.45) is 0 Å². The van der Waals surface area contributed by atoms with Gasteiger partial charge in [0.2, 0.25) is 11.9 Å². The zero-order valence-electron chi connectivity index (χ0n) is 13.7. The van der Waals surface area contributed by atoms with Gasteiger partial charge in [0.25, 0.3) is 0 Å². The molecule has 0 radical (unpaired) electrons. The van der Waals surface area contributed by atoms with Crippen molar-refractivity contribution in [1.82, 2.24) is 20.2 Å². The number of hydrogen-bond acceptors (Lipinski definition) is 6. The van der Waals surface area contributed by atoms with Crippen LogP contribution in [0.1, 0.15) is 24.8 Å². The lowest BCUT2D eigenvalue weighted by atomic mass is 9.88. The maximum atomic E-state index is 12.5. The van der Waals surface area contributed by atoms with E-state index in [0.29, 0.717) is 25.9 Å². The number of rotatable bonds is 3. The number of hydrogen-bond donors (Lipinski definition) is 2. The molecule has 0 bridgehead atoms. The van der Waals surface area contributed by atoms with Crippen molar-refractivity contribution in [2.75, 3.05) is 44.2 Å². The van der Waals surface area contributed by atoms with Gasteiger partial charge in [0.05, 0.1) is 12.0 Å². The molecule has 1 amide bonds. The Bertz CT molecular complexity index is 534. The predicted molar refractivity (Wildman–Crippen MR) is 87.2 cm³/mol. The summed E-state index contributed by atoms with van der Waals surface area (Å²) in [7, 11) is 0. The number of aromatic nitrogens is 2. The highest BCUT2D eigenvalue weighted by Gasteiger charge is 2.34. The van der Waals surface area contributed by atoms with Gasteiger partial charge in [-0.3, -0.25) is 4.79 Å². The van der Waals surface area contributed by atoms with Gasteiger partial charge < -0.3 is 20.2 Å². The molecule has 126 valence electrons. The smallest absolute Gasteiger partial charge is 0.225 e. The number of aliphatic hydroxyl groups is 1. The summed E-state index contributed by atoms with van der Waals surface area (Å²) in [6.07, 6.45) is 5.15. The molecule has 0 spiro atoms. The first kappa shape index (κ1) is 16.1. The second kappa shape index (κ2) is 6.80. The average molecular weight is 319 g/mol. The summed E-state index contributed by atoms with van der Waals surface area (Å²) >= 11 is 0. The van der Waals surface area contributed by atoms with Crippen molar-refractivity contribution >= 4 is 11.9 Å². The Morgan fingerprint density at radius 1 is 1.22 bits per heavy atom. The van der Waals surface area contributed by atoms with Crippen molar-refractivity contribution in [3.05, 3.63) is 18.0 Å². The third-order valence-electron chi connectivity index (χ3n) is 4.70. The molecular weight excluding hydrogens is 294 g/mol. The number of anilines is 1. The van der Waals surface area contributed by atoms with E-state index in [0.717, 1.165) is 37.7 Å². The summed E-state index contributed by atoms with van der Waals surface area (Å²) in [5, 5.41) is 13.7. The lowest BCUT2D eigenvalue weighted by Crippen LogP contribution is -2.52. The van der Waals surface area contributed by atoms with E-state index in [1.807, 2.05) is 24.2 Å². The van der Waals surface area contributed by atoms with Crippen LogP contribution >= 0.6 is 0 Å². The van der Waals surface area contributed by atoms with Gasteiger partial charge in [-0.2, -0.15) is 0 Å².